The molecule has 0 amide bonds. The molecule has 3 nitrogen and oxygen atoms in total. The lowest BCUT2D eigenvalue weighted by Crippen LogP contribution is -2.27. The van der Waals surface area contributed by atoms with E-state index in [4.69, 9.17) is 21.9 Å². The molecule has 0 saturated carbocycles. The van der Waals surface area contributed by atoms with Crippen LogP contribution >= 0.6 is 22.9 Å². The highest BCUT2D eigenvalue weighted by Crippen LogP contribution is 2.33. The second-order valence-electron chi connectivity index (χ2n) is 4.38. The minimum atomic E-state index is -0.177. The Labute approximate surface area is 119 Å². The highest BCUT2D eigenvalue weighted by atomic mass is 35.5. The van der Waals surface area contributed by atoms with Gasteiger partial charge in [-0.2, -0.15) is 0 Å². The molecule has 0 spiro atoms. The minimum absolute atomic E-state index is 0.177. The highest BCUT2D eigenvalue weighted by molar-refractivity contribution is 7.16. The molecule has 1 unspecified atom stereocenters. The number of hydrazine groups is 1. The Morgan fingerprint density at radius 2 is 2.16 bits per heavy atom. The standard InChI is InChI=1S/C14H13ClN2OS/c1-8-3-2-4-9-7-10(18-14(8)9)13(17-16)11-5-6-12(15)19-11/h2-7,13,17H,16H2,1H3. The third kappa shape index (κ3) is 2.28. The van der Waals surface area contributed by atoms with Crippen LogP contribution in [0.15, 0.2) is 40.8 Å². The van der Waals surface area contributed by atoms with Crippen molar-refractivity contribution in [2.75, 3.05) is 0 Å². The molecule has 1 atom stereocenters. The number of furan rings is 1. The van der Waals surface area contributed by atoms with Crippen molar-refractivity contribution < 1.29 is 4.42 Å². The van der Waals surface area contributed by atoms with Gasteiger partial charge in [-0.1, -0.05) is 29.8 Å². The molecule has 0 radical (unpaired) electrons. The van der Waals surface area contributed by atoms with Gasteiger partial charge < -0.3 is 4.42 Å². The van der Waals surface area contributed by atoms with Crippen molar-refractivity contribution in [3.8, 4) is 0 Å². The summed E-state index contributed by atoms with van der Waals surface area (Å²) < 4.78 is 6.68. The molecule has 0 bridgehead atoms. The van der Waals surface area contributed by atoms with E-state index in [-0.39, 0.29) is 6.04 Å². The number of para-hydroxylation sites is 1. The summed E-state index contributed by atoms with van der Waals surface area (Å²) in [6.07, 6.45) is 0. The maximum absolute atomic E-state index is 5.97. The van der Waals surface area contributed by atoms with Crippen LogP contribution in [-0.2, 0) is 0 Å². The number of halogens is 1. The fraction of sp³-hybridized carbons (Fsp3) is 0.143. The van der Waals surface area contributed by atoms with Crippen LogP contribution in [0, 0.1) is 6.92 Å². The monoisotopic (exact) mass is 292 g/mol. The molecule has 1 aromatic carbocycles. The highest BCUT2D eigenvalue weighted by Gasteiger charge is 2.19. The minimum Gasteiger partial charge on any atom is -0.459 e. The smallest absolute Gasteiger partial charge is 0.137 e. The summed E-state index contributed by atoms with van der Waals surface area (Å²) >= 11 is 7.46. The summed E-state index contributed by atoms with van der Waals surface area (Å²) in [6, 6.07) is 11.7. The van der Waals surface area contributed by atoms with E-state index in [1.54, 1.807) is 0 Å². The summed E-state index contributed by atoms with van der Waals surface area (Å²) in [5.74, 6) is 6.46. The predicted molar refractivity (Wildman–Crippen MR) is 79.4 cm³/mol. The molecule has 3 rings (SSSR count). The van der Waals surface area contributed by atoms with Gasteiger partial charge >= 0.3 is 0 Å². The van der Waals surface area contributed by atoms with Gasteiger partial charge in [-0.3, -0.25) is 5.84 Å². The number of hydrogen-bond acceptors (Lipinski definition) is 4. The predicted octanol–water partition coefficient (Wildman–Crippen LogP) is 4.01. The summed E-state index contributed by atoms with van der Waals surface area (Å²) in [4.78, 5) is 1.03. The molecule has 2 aromatic heterocycles. The molecule has 3 N–H and O–H groups in total. The molecule has 5 heteroatoms. The van der Waals surface area contributed by atoms with Crippen LogP contribution in [0.25, 0.3) is 11.0 Å². The van der Waals surface area contributed by atoms with Gasteiger partial charge in [-0.05, 0) is 30.7 Å². The van der Waals surface area contributed by atoms with Crippen LogP contribution < -0.4 is 11.3 Å². The zero-order valence-corrected chi connectivity index (χ0v) is 11.9. The number of benzene rings is 1. The van der Waals surface area contributed by atoms with Crippen LogP contribution in [0.3, 0.4) is 0 Å². The third-order valence-electron chi connectivity index (χ3n) is 3.09. The maximum Gasteiger partial charge on any atom is 0.137 e. The van der Waals surface area contributed by atoms with Crippen molar-refractivity contribution >= 4 is 33.9 Å². The SMILES string of the molecule is Cc1cccc2cc(C(NN)c3ccc(Cl)s3)oc12. The third-order valence-corrected chi connectivity index (χ3v) is 4.39. The average molecular weight is 293 g/mol. The molecule has 3 aromatic rings. The Kier molecular flexibility index (Phi) is 3.33. The summed E-state index contributed by atoms with van der Waals surface area (Å²) in [5.41, 5.74) is 4.80. The fourth-order valence-corrected chi connectivity index (χ4v) is 3.29. The zero-order chi connectivity index (χ0) is 13.4. The Bertz CT molecular complexity index is 719. The van der Waals surface area contributed by atoms with Gasteiger partial charge in [0.1, 0.15) is 17.4 Å². The van der Waals surface area contributed by atoms with Gasteiger partial charge in [0.15, 0.2) is 0 Å². The largest absolute Gasteiger partial charge is 0.459 e. The van der Waals surface area contributed by atoms with Crippen LogP contribution in [0.4, 0.5) is 0 Å². The molecule has 0 saturated heterocycles. The normalized spacial score (nSPS) is 13.0. The molecule has 0 fully saturated rings. The molecular formula is C14H13ClN2OS. The van der Waals surface area contributed by atoms with E-state index in [1.807, 2.05) is 43.3 Å². The first kappa shape index (κ1) is 12.7. The van der Waals surface area contributed by atoms with Crippen LogP contribution in [-0.4, -0.2) is 0 Å². The lowest BCUT2D eigenvalue weighted by Gasteiger charge is -2.10. The van der Waals surface area contributed by atoms with Gasteiger partial charge in [0.25, 0.3) is 0 Å². The molecule has 98 valence electrons. The number of aryl methyl sites for hydroxylation is 1. The van der Waals surface area contributed by atoms with Crippen molar-refractivity contribution in [2.45, 2.75) is 13.0 Å². The number of hydrogen-bond donors (Lipinski definition) is 2. The molecule has 0 aliphatic heterocycles. The van der Waals surface area contributed by atoms with Crippen molar-refractivity contribution in [3.05, 3.63) is 56.9 Å². The van der Waals surface area contributed by atoms with E-state index >= 15 is 0 Å². The zero-order valence-electron chi connectivity index (χ0n) is 10.3. The van der Waals surface area contributed by atoms with Crippen molar-refractivity contribution in [2.24, 2.45) is 5.84 Å². The number of fused-ring (bicyclic) bond motifs is 1. The molecular weight excluding hydrogens is 280 g/mol. The topological polar surface area (TPSA) is 51.2 Å². The van der Waals surface area contributed by atoms with Crippen LogP contribution in [0.5, 0.6) is 0 Å². The van der Waals surface area contributed by atoms with E-state index in [1.165, 1.54) is 11.3 Å². The first-order valence-corrected chi connectivity index (χ1v) is 7.09. The van der Waals surface area contributed by atoms with Crippen LogP contribution in [0.1, 0.15) is 22.2 Å². The first-order valence-electron chi connectivity index (χ1n) is 5.89. The maximum atomic E-state index is 5.97. The molecule has 0 aliphatic carbocycles. The van der Waals surface area contributed by atoms with Gasteiger partial charge in [0.05, 0.1) is 4.34 Å². The Morgan fingerprint density at radius 1 is 1.32 bits per heavy atom. The van der Waals surface area contributed by atoms with E-state index in [0.29, 0.717) is 0 Å². The Morgan fingerprint density at radius 3 is 2.79 bits per heavy atom. The quantitative estimate of drug-likeness (QED) is 0.566. The van der Waals surface area contributed by atoms with Gasteiger partial charge in [0, 0.05) is 10.3 Å². The van der Waals surface area contributed by atoms with Crippen molar-refractivity contribution in [1.82, 2.24) is 5.43 Å². The second-order valence-corrected chi connectivity index (χ2v) is 6.13. The van der Waals surface area contributed by atoms with Gasteiger partial charge in [-0.15, -0.1) is 11.3 Å². The number of nitrogens with one attached hydrogen (secondary N) is 1. The summed E-state index contributed by atoms with van der Waals surface area (Å²) in [5, 5.41) is 1.08. The number of thiophene rings is 1. The first-order chi connectivity index (χ1) is 9.19. The fourth-order valence-electron chi connectivity index (χ4n) is 2.16. The average Bonchev–Trinajstić information content (AvgIpc) is 2.98. The van der Waals surface area contributed by atoms with E-state index < -0.39 is 0 Å². The number of rotatable bonds is 3. The van der Waals surface area contributed by atoms with E-state index in [2.05, 4.69) is 5.43 Å². The van der Waals surface area contributed by atoms with Crippen molar-refractivity contribution in [1.29, 1.82) is 0 Å². The molecule has 2 heterocycles. The van der Waals surface area contributed by atoms with E-state index in [0.717, 1.165) is 31.5 Å². The summed E-state index contributed by atoms with van der Waals surface area (Å²) in [7, 11) is 0. The Hall–Kier alpha value is -1.33. The molecule has 0 aliphatic rings. The lowest BCUT2D eigenvalue weighted by atomic mass is 10.1. The van der Waals surface area contributed by atoms with Gasteiger partial charge in [0.2, 0.25) is 0 Å². The lowest BCUT2D eigenvalue weighted by molar-refractivity contribution is 0.480. The second kappa shape index (κ2) is 4.98. The Balaban J connectivity index is 2.09. The van der Waals surface area contributed by atoms with Gasteiger partial charge in [-0.25, -0.2) is 5.43 Å². The summed E-state index contributed by atoms with van der Waals surface area (Å²) in [6.45, 7) is 2.03. The number of nitrogens with two attached hydrogens (primary N) is 1. The van der Waals surface area contributed by atoms with Crippen molar-refractivity contribution in [3.63, 3.8) is 0 Å². The van der Waals surface area contributed by atoms with Crippen LogP contribution in [0.2, 0.25) is 4.34 Å². The van der Waals surface area contributed by atoms with E-state index in [9.17, 15) is 0 Å². The molecule has 19 heavy (non-hydrogen) atoms.